The van der Waals surface area contributed by atoms with Gasteiger partial charge in [-0.1, -0.05) is 238 Å². The number of carbonyl (C=O) groups is 3. The maximum atomic E-state index is 12.8. The molecule has 6 nitrogen and oxygen atoms in total. The van der Waals surface area contributed by atoms with Crippen LogP contribution in [0.2, 0.25) is 0 Å². The summed E-state index contributed by atoms with van der Waals surface area (Å²) < 4.78 is 16.8. The Hall–Kier alpha value is -2.11. The molecular weight excluding hydrogens is 781 g/mol. The van der Waals surface area contributed by atoms with Gasteiger partial charge in [0, 0.05) is 19.3 Å². The Morgan fingerprint density at radius 1 is 0.302 bits per heavy atom. The summed E-state index contributed by atoms with van der Waals surface area (Å²) in [6.07, 6.45) is 60.2. The van der Waals surface area contributed by atoms with Crippen molar-refractivity contribution in [1.29, 1.82) is 0 Å². The molecule has 0 aromatic rings. The number of hydrogen-bond donors (Lipinski definition) is 0. The molecule has 0 heterocycles. The Labute approximate surface area is 392 Å². The average Bonchev–Trinajstić information content (AvgIpc) is 3.28. The molecule has 0 bridgehead atoms. The summed E-state index contributed by atoms with van der Waals surface area (Å²) in [6.45, 7) is 6.64. The van der Waals surface area contributed by atoms with E-state index in [1.54, 1.807) is 0 Å². The van der Waals surface area contributed by atoms with E-state index < -0.39 is 6.10 Å². The Morgan fingerprint density at radius 3 is 0.825 bits per heavy atom. The lowest BCUT2D eigenvalue weighted by Gasteiger charge is -2.18. The zero-order chi connectivity index (χ0) is 45.8. The molecule has 0 saturated heterocycles. The topological polar surface area (TPSA) is 78.9 Å². The first-order chi connectivity index (χ1) is 31.0. The molecule has 1 unspecified atom stereocenters. The van der Waals surface area contributed by atoms with Crippen molar-refractivity contribution < 1.29 is 28.6 Å². The molecule has 0 aliphatic carbocycles. The van der Waals surface area contributed by atoms with Crippen LogP contribution in [0.3, 0.4) is 0 Å². The average molecular weight is 887 g/mol. The van der Waals surface area contributed by atoms with Crippen LogP contribution in [0.25, 0.3) is 0 Å². The smallest absolute Gasteiger partial charge is 0.306 e. The van der Waals surface area contributed by atoms with Crippen LogP contribution < -0.4 is 0 Å². The molecule has 0 amide bonds. The van der Waals surface area contributed by atoms with Crippen molar-refractivity contribution in [2.75, 3.05) is 13.2 Å². The molecule has 0 aliphatic rings. The van der Waals surface area contributed by atoms with Crippen LogP contribution in [0.4, 0.5) is 0 Å². The van der Waals surface area contributed by atoms with Gasteiger partial charge in [0.05, 0.1) is 0 Å². The summed E-state index contributed by atoms with van der Waals surface area (Å²) in [7, 11) is 0. The van der Waals surface area contributed by atoms with E-state index in [-0.39, 0.29) is 31.1 Å². The lowest BCUT2D eigenvalue weighted by atomic mass is 10.0. The fourth-order valence-corrected chi connectivity index (χ4v) is 8.20. The van der Waals surface area contributed by atoms with E-state index in [0.29, 0.717) is 19.3 Å². The molecule has 0 fully saturated rings. The van der Waals surface area contributed by atoms with Crippen molar-refractivity contribution in [3.05, 3.63) is 24.3 Å². The Balaban J connectivity index is 4.33. The molecule has 0 radical (unpaired) electrons. The lowest BCUT2D eigenvalue weighted by Crippen LogP contribution is -2.30. The van der Waals surface area contributed by atoms with Crippen molar-refractivity contribution in [2.45, 2.75) is 309 Å². The van der Waals surface area contributed by atoms with E-state index in [2.05, 4.69) is 45.1 Å². The first kappa shape index (κ1) is 60.9. The highest BCUT2D eigenvalue weighted by Crippen LogP contribution is 2.16. The fourth-order valence-electron chi connectivity index (χ4n) is 8.20. The van der Waals surface area contributed by atoms with E-state index in [1.807, 2.05) is 0 Å². The fraction of sp³-hybridized carbons (Fsp3) is 0.877. The SMILES string of the molecule is CCCCC/C=C\CCCCCCCC(=O)OCC(COC(=O)CCCCCCC/C=C\CCCCCCCCCCC)OC(=O)CCCCCCCCCCCCCCCCC. The summed E-state index contributed by atoms with van der Waals surface area (Å²) in [4.78, 5) is 38.0. The predicted molar refractivity (Wildman–Crippen MR) is 270 cm³/mol. The van der Waals surface area contributed by atoms with Gasteiger partial charge in [-0.2, -0.15) is 0 Å². The Bertz CT molecular complexity index is 1020. The molecule has 370 valence electrons. The van der Waals surface area contributed by atoms with Crippen LogP contribution in [0, 0.1) is 0 Å². The Kier molecular flexibility index (Phi) is 50.8. The highest BCUT2D eigenvalue weighted by molar-refractivity contribution is 5.71. The Morgan fingerprint density at radius 2 is 0.524 bits per heavy atom. The van der Waals surface area contributed by atoms with E-state index >= 15 is 0 Å². The minimum absolute atomic E-state index is 0.0743. The number of carbonyl (C=O) groups excluding carboxylic acids is 3. The van der Waals surface area contributed by atoms with Gasteiger partial charge in [0.15, 0.2) is 6.10 Å². The van der Waals surface area contributed by atoms with Gasteiger partial charge in [0.25, 0.3) is 0 Å². The highest BCUT2D eigenvalue weighted by atomic mass is 16.6. The van der Waals surface area contributed by atoms with Crippen molar-refractivity contribution in [1.82, 2.24) is 0 Å². The van der Waals surface area contributed by atoms with Gasteiger partial charge >= 0.3 is 17.9 Å². The molecule has 0 saturated carbocycles. The van der Waals surface area contributed by atoms with Gasteiger partial charge in [-0.3, -0.25) is 14.4 Å². The summed E-state index contributed by atoms with van der Waals surface area (Å²) in [5.74, 6) is -0.874. The molecule has 0 aromatic carbocycles. The second-order valence-corrected chi connectivity index (χ2v) is 18.8. The van der Waals surface area contributed by atoms with Gasteiger partial charge < -0.3 is 14.2 Å². The van der Waals surface area contributed by atoms with Crippen molar-refractivity contribution in [3.8, 4) is 0 Å². The minimum Gasteiger partial charge on any atom is -0.462 e. The maximum absolute atomic E-state index is 12.8. The maximum Gasteiger partial charge on any atom is 0.306 e. The van der Waals surface area contributed by atoms with Gasteiger partial charge in [0.2, 0.25) is 0 Å². The molecule has 0 spiro atoms. The van der Waals surface area contributed by atoms with Gasteiger partial charge in [-0.05, 0) is 70.6 Å². The number of rotatable bonds is 51. The van der Waals surface area contributed by atoms with Gasteiger partial charge in [-0.25, -0.2) is 0 Å². The summed E-state index contributed by atoms with van der Waals surface area (Å²) >= 11 is 0. The van der Waals surface area contributed by atoms with E-state index in [1.165, 1.54) is 193 Å². The summed E-state index contributed by atoms with van der Waals surface area (Å²) in [5.41, 5.74) is 0. The molecule has 0 aromatic heterocycles. The van der Waals surface area contributed by atoms with Crippen LogP contribution in [0.1, 0.15) is 303 Å². The van der Waals surface area contributed by atoms with Crippen LogP contribution in [-0.2, 0) is 28.6 Å². The number of unbranched alkanes of at least 4 members (excludes halogenated alkanes) is 36. The number of ether oxygens (including phenoxy) is 3. The zero-order valence-electron chi connectivity index (χ0n) is 42.4. The standard InChI is InChI=1S/C57H106O6/c1-4-7-10-13-16-19-22-25-27-28-29-31-32-35-38-41-44-47-50-56(59)62-53-54(52-61-55(58)49-46-43-40-37-34-24-21-18-15-12-9-6-3)63-57(60)51-48-45-42-39-36-33-30-26-23-20-17-14-11-8-5-2/h18,21,29,31,54H,4-17,19-20,22-28,30,32-53H2,1-3H3/b21-18-,31-29-. The van der Waals surface area contributed by atoms with Crippen LogP contribution in [0.5, 0.6) is 0 Å². The molecule has 0 aliphatic heterocycles. The predicted octanol–water partition coefficient (Wildman–Crippen LogP) is 18.3. The normalized spacial score (nSPS) is 12.1. The third-order valence-corrected chi connectivity index (χ3v) is 12.4. The number of esters is 3. The quantitative estimate of drug-likeness (QED) is 0.0262. The largest absolute Gasteiger partial charge is 0.462 e. The second-order valence-electron chi connectivity index (χ2n) is 18.8. The third-order valence-electron chi connectivity index (χ3n) is 12.4. The van der Waals surface area contributed by atoms with Crippen molar-refractivity contribution >= 4 is 17.9 Å². The van der Waals surface area contributed by atoms with Crippen molar-refractivity contribution in [2.24, 2.45) is 0 Å². The first-order valence-electron chi connectivity index (χ1n) is 27.8. The van der Waals surface area contributed by atoms with Gasteiger partial charge in [-0.15, -0.1) is 0 Å². The molecule has 63 heavy (non-hydrogen) atoms. The van der Waals surface area contributed by atoms with Crippen LogP contribution in [0.15, 0.2) is 24.3 Å². The molecule has 0 rings (SSSR count). The van der Waals surface area contributed by atoms with Crippen molar-refractivity contribution in [3.63, 3.8) is 0 Å². The zero-order valence-corrected chi connectivity index (χ0v) is 42.4. The van der Waals surface area contributed by atoms with Gasteiger partial charge in [0.1, 0.15) is 13.2 Å². The molecular formula is C57H106O6. The molecule has 1 atom stereocenters. The van der Waals surface area contributed by atoms with E-state index in [4.69, 9.17) is 14.2 Å². The minimum atomic E-state index is -0.773. The highest BCUT2D eigenvalue weighted by Gasteiger charge is 2.19. The molecule has 0 N–H and O–H groups in total. The van der Waals surface area contributed by atoms with Crippen LogP contribution >= 0.6 is 0 Å². The lowest BCUT2D eigenvalue weighted by molar-refractivity contribution is -0.167. The van der Waals surface area contributed by atoms with E-state index in [0.717, 1.165) is 70.6 Å². The first-order valence-corrected chi connectivity index (χ1v) is 27.8. The number of allylic oxidation sites excluding steroid dienone is 4. The number of hydrogen-bond acceptors (Lipinski definition) is 6. The second kappa shape index (κ2) is 52.5. The molecule has 6 heteroatoms. The summed E-state index contributed by atoms with van der Waals surface area (Å²) in [5, 5.41) is 0. The van der Waals surface area contributed by atoms with E-state index in [9.17, 15) is 14.4 Å². The third kappa shape index (κ3) is 50.7. The van der Waals surface area contributed by atoms with Crippen LogP contribution in [-0.4, -0.2) is 37.2 Å². The summed E-state index contributed by atoms with van der Waals surface area (Å²) in [6, 6.07) is 0. The monoisotopic (exact) mass is 887 g/mol.